The smallest absolute Gasteiger partial charge is 0.394 e. The van der Waals surface area contributed by atoms with Crippen molar-refractivity contribution in [3.05, 3.63) is 67.0 Å². The molecule has 14 atom stereocenters. The van der Waals surface area contributed by atoms with Crippen molar-refractivity contribution in [1.29, 1.82) is 0 Å². The zero-order chi connectivity index (χ0) is 54.4. The first kappa shape index (κ1) is 54.2. The molecule has 16 N–H and O–H groups in total. The first-order valence-corrected chi connectivity index (χ1v) is 25.4. The van der Waals surface area contributed by atoms with Crippen LogP contribution in [0.5, 0.6) is 0 Å². The molecule has 38 nitrogen and oxygen atoms in total. The van der Waals surface area contributed by atoms with Crippen LogP contribution >= 0.6 is 15.6 Å². The Morgan fingerprint density at radius 3 is 1.30 bits per heavy atom. The summed E-state index contributed by atoms with van der Waals surface area (Å²) in [5.41, 5.74) is 19.6. The van der Waals surface area contributed by atoms with Gasteiger partial charge < -0.3 is 72.1 Å². The number of hydrogen-bond acceptors (Lipinski definition) is 30. The van der Waals surface area contributed by atoms with Gasteiger partial charge in [0.25, 0.3) is 11.1 Å². The molecular formula is C36H48N18O20P2. The normalized spacial score (nSPS) is 29.1. The minimum Gasteiger partial charge on any atom is -0.394 e. The molecule has 76 heavy (non-hydrogen) atoms. The maximum atomic E-state index is 12.7. The number of rotatable bonds is 16. The van der Waals surface area contributed by atoms with E-state index in [1.54, 1.807) is 0 Å². The van der Waals surface area contributed by atoms with Crippen LogP contribution in [0.15, 0.2) is 44.5 Å². The lowest BCUT2D eigenvalue weighted by Gasteiger charge is -2.21. The molecule has 6 aromatic rings. The van der Waals surface area contributed by atoms with Crippen molar-refractivity contribution in [2.45, 2.75) is 99.4 Å². The molecule has 0 spiro atoms. The van der Waals surface area contributed by atoms with Crippen molar-refractivity contribution in [2.24, 2.45) is 0 Å². The second kappa shape index (κ2) is 21.8. The number of anilines is 4. The van der Waals surface area contributed by atoms with Gasteiger partial charge in [-0.25, -0.2) is 38.7 Å². The average Bonchev–Trinajstić information content (AvgIpc) is 4.23. The first-order chi connectivity index (χ1) is 36.1. The number of nitrogen functional groups attached to an aromatic ring is 4. The number of aliphatic hydroxyl groups excluding tert-OH is 4. The highest BCUT2D eigenvalue weighted by Crippen LogP contribution is 2.50. The number of ether oxygens (including phenoxy) is 4. The van der Waals surface area contributed by atoms with E-state index in [2.05, 4.69) is 49.8 Å². The molecule has 40 heteroatoms. The van der Waals surface area contributed by atoms with Gasteiger partial charge in [-0.3, -0.25) is 55.9 Å². The van der Waals surface area contributed by atoms with E-state index < -0.39 is 138 Å². The summed E-state index contributed by atoms with van der Waals surface area (Å²) in [5, 5.41) is 40.1. The zero-order valence-electron chi connectivity index (χ0n) is 38.9. The van der Waals surface area contributed by atoms with Gasteiger partial charge in [-0.1, -0.05) is 0 Å². The molecule has 0 aliphatic carbocycles. The van der Waals surface area contributed by atoms with Crippen LogP contribution in [0.4, 0.5) is 23.8 Å². The molecule has 0 amide bonds. The number of nitrogens with two attached hydrogens (primary N) is 4. The number of imidazole rings is 2. The van der Waals surface area contributed by atoms with Gasteiger partial charge in [0.2, 0.25) is 23.8 Å². The number of H-pyrrole nitrogens is 2. The monoisotopic (exact) mass is 1110 g/mol. The Morgan fingerprint density at radius 1 is 0.553 bits per heavy atom. The number of hydrogen-bond donors (Lipinski definition) is 12. The quantitative estimate of drug-likeness (QED) is 0.0403. The maximum Gasteiger partial charge on any atom is 0.472 e. The van der Waals surface area contributed by atoms with Crippen molar-refractivity contribution >= 4 is 61.8 Å². The fraction of sp³-hybridized carbons (Fsp3) is 0.556. The van der Waals surface area contributed by atoms with E-state index in [0.29, 0.717) is 0 Å². The van der Waals surface area contributed by atoms with E-state index in [1.165, 1.54) is 21.8 Å². The fourth-order valence-electron chi connectivity index (χ4n) is 8.52. The number of aromatic nitrogens is 14. The third-order valence-electron chi connectivity index (χ3n) is 12.1. The molecular weight excluding hydrogens is 1070 g/mol. The molecule has 0 bridgehead atoms. The van der Waals surface area contributed by atoms with E-state index in [4.69, 9.17) is 60.0 Å². The highest BCUT2D eigenvalue weighted by molar-refractivity contribution is 7.47. The van der Waals surface area contributed by atoms with Gasteiger partial charge in [0.1, 0.15) is 74.2 Å². The van der Waals surface area contributed by atoms with Gasteiger partial charge in [0.15, 0.2) is 22.3 Å². The van der Waals surface area contributed by atoms with Crippen LogP contribution in [0.1, 0.15) is 50.6 Å². The molecule has 0 aromatic carbocycles. The van der Waals surface area contributed by atoms with Gasteiger partial charge in [-0.05, 0) is 0 Å². The average molecular weight is 1110 g/mol. The highest BCUT2D eigenvalue weighted by atomic mass is 31.2. The number of nitrogens with one attached hydrogen (secondary N) is 2. The van der Waals surface area contributed by atoms with E-state index in [1.807, 2.05) is 0 Å². The highest BCUT2D eigenvalue weighted by Gasteiger charge is 2.45. The van der Waals surface area contributed by atoms with E-state index in [0.717, 1.165) is 21.8 Å². The van der Waals surface area contributed by atoms with Crippen LogP contribution in [-0.2, 0) is 46.2 Å². The Bertz CT molecular complexity index is 3430. The predicted octanol–water partition coefficient (Wildman–Crippen LogP) is -5.27. The van der Waals surface area contributed by atoms with Gasteiger partial charge in [0, 0.05) is 25.7 Å². The summed E-state index contributed by atoms with van der Waals surface area (Å²) < 4.78 is 73.3. The van der Waals surface area contributed by atoms with Gasteiger partial charge in [-0.2, -0.15) is 19.9 Å². The van der Waals surface area contributed by atoms with Crippen LogP contribution in [0.25, 0.3) is 22.3 Å². The first-order valence-electron chi connectivity index (χ1n) is 22.5. The second-order valence-corrected chi connectivity index (χ2v) is 19.9. The van der Waals surface area contributed by atoms with Crippen molar-refractivity contribution in [2.75, 3.05) is 49.4 Å². The predicted molar refractivity (Wildman–Crippen MR) is 248 cm³/mol. The molecule has 10 heterocycles. The third-order valence-corrected chi connectivity index (χ3v) is 14.1. The fourth-order valence-corrected chi connectivity index (χ4v) is 10.4. The molecule has 6 aromatic heterocycles. The number of phosphoric ester groups is 2. The molecule has 0 radical (unpaired) electrons. The van der Waals surface area contributed by atoms with Gasteiger partial charge in [0.05, 0.1) is 51.3 Å². The number of aromatic amines is 2. The SMILES string of the molecule is Nc1ncn([C@H]2C[C@@H](O)[C@@H](COP(=O)(O)O[C@@H]3C[C@H](n4cnc5c(=O)[nH]c(N)nc54)O[C@@H]3CO)O2)c(=O)n1.Nc1ncn([C@H]2C[C@@H](OP(=O)(O)OC[C@H]3O[C@@H](n4cnc5c(=O)[nH]c(N)nc54)C[C@H]3O)[C@@H](CO)O2)c(=O)n1. The maximum absolute atomic E-state index is 12.7. The molecule has 2 unspecified atom stereocenters. The number of fused-ring (bicyclic) bond motifs is 2. The Labute approximate surface area is 421 Å². The van der Waals surface area contributed by atoms with Gasteiger partial charge >= 0.3 is 27.0 Å². The summed E-state index contributed by atoms with van der Waals surface area (Å²) in [6, 6.07) is 0. The summed E-state index contributed by atoms with van der Waals surface area (Å²) in [6.45, 7) is -2.25. The molecule has 4 aliphatic heterocycles. The minimum absolute atomic E-state index is 0.00472. The number of phosphoric acid groups is 2. The lowest BCUT2D eigenvalue weighted by Crippen LogP contribution is -2.30. The second-order valence-electron chi connectivity index (χ2n) is 17.1. The Balaban J connectivity index is 0.000000186. The third kappa shape index (κ3) is 11.7. The van der Waals surface area contributed by atoms with Crippen molar-refractivity contribution < 1.29 is 76.4 Å². The summed E-state index contributed by atoms with van der Waals surface area (Å²) in [6.07, 6.45) is -7.72. The lowest BCUT2D eigenvalue weighted by atomic mass is 10.2. The van der Waals surface area contributed by atoms with E-state index in [9.17, 15) is 58.5 Å². The van der Waals surface area contributed by atoms with E-state index in [-0.39, 0.29) is 71.8 Å². The molecule has 412 valence electrons. The Kier molecular flexibility index (Phi) is 15.6. The summed E-state index contributed by atoms with van der Waals surface area (Å²) in [4.78, 5) is 104. The topological polar surface area (TPSA) is 556 Å². The van der Waals surface area contributed by atoms with Crippen molar-refractivity contribution in [3.8, 4) is 0 Å². The van der Waals surface area contributed by atoms with Crippen molar-refractivity contribution in [3.63, 3.8) is 0 Å². The van der Waals surface area contributed by atoms with Crippen LogP contribution < -0.4 is 45.4 Å². The lowest BCUT2D eigenvalue weighted by molar-refractivity contribution is -0.0568. The minimum atomic E-state index is -4.76. The summed E-state index contributed by atoms with van der Waals surface area (Å²) >= 11 is 0. The van der Waals surface area contributed by atoms with Crippen molar-refractivity contribution in [1.82, 2.24) is 68.1 Å². The van der Waals surface area contributed by atoms with Crippen LogP contribution in [-0.4, -0.2) is 174 Å². The summed E-state index contributed by atoms with van der Waals surface area (Å²) in [7, 11) is -9.51. The van der Waals surface area contributed by atoms with Gasteiger partial charge in [-0.15, -0.1) is 0 Å². The number of nitrogens with zero attached hydrogens (tertiary/aromatic N) is 12. The standard InChI is InChI=1S/2C18H24N9O10P/c19-16-22-6-27(18(31)25-16)11-1-7(29)10(36-11)4-34-38(32,33)37-8-2-12(35-9(8)3-28)26-5-21-13-14(26)23-17(20)24-15(13)30;19-16-22-6-27(18(31)25-16)12-2-8(9(3-28)35-12)37-38(32,33)34-4-10-7(29)1-11(36-10)26-5-21-13-14(26)23-17(20)24-15(13)30/h2*5-12,28-29H,1-4H2,(H,32,33)(H2,19,25,31)(H3,20,23,24,30)/t2*7-,8-,9-,10-,11-,12-/m11/s1. The summed E-state index contributed by atoms with van der Waals surface area (Å²) in [5.74, 6) is -0.737. The Morgan fingerprint density at radius 2 is 0.908 bits per heavy atom. The van der Waals surface area contributed by atoms with Crippen LogP contribution in [0.2, 0.25) is 0 Å². The molecule has 10 rings (SSSR count). The largest absolute Gasteiger partial charge is 0.472 e. The number of aliphatic hydroxyl groups is 4. The zero-order valence-corrected chi connectivity index (χ0v) is 40.7. The van der Waals surface area contributed by atoms with Crippen LogP contribution in [0.3, 0.4) is 0 Å². The van der Waals surface area contributed by atoms with E-state index >= 15 is 0 Å². The van der Waals surface area contributed by atoms with Crippen LogP contribution in [0, 0.1) is 0 Å². The molecule has 4 fully saturated rings. The molecule has 0 saturated carbocycles. The molecule has 4 saturated heterocycles. The molecule has 4 aliphatic rings. The Hall–Kier alpha value is -6.58.